The quantitative estimate of drug-likeness (QED) is 0.306. The van der Waals surface area contributed by atoms with Gasteiger partial charge in [0.15, 0.2) is 0 Å². The minimum absolute atomic E-state index is 0.112. The Kier molecular flexibility index (Phi) is 7.85. The number of ether oxygens (including phenoxy) is 1. The molecule has 0 unspecified atom stereocenters. The molecule has 4 nitrogen and oxygen atoms in total. The first kappa shape index (κ1) is 22.3. The lowest BCUT2D eigenvalue weighted by atomic mass is 10.1. The molecule has 0 radical (unpaired) electrons. The maximum Gasteiger partial charge on any atom is 0.244 e. The molecule has 0 saturated heterocycles. The minimum Gasteiger partial charge on any atom is -0.488 e. The number of rotatable bonds is 7. The molecule has 30 heavy (non-hydrogen) atoms. The van der Waals surface area contributed by atoms with Gasteiger partial charge in [-0.15, -0.1) is 0 Å². The predicted octanol–water partition coefficient (Wildman–Crippen LogP) is 6.17. The van der Waals surface area contributed by atoms with Crippen LogP contribution in [0.25, 0.3) is 0 Å². The Morgan fingerprint density at radius 1 is 1.10 bits per heavy atom. The van der Waals surface area contributed by atoms with Crippen molar-refractivity contribution in [2.45, 2.75) is 13.0 Å². The number of amides is 1. The first-order valence-electron chi connectivity index (χ1n) is 8.83. The molecular formula is C22H16BrCl2FN2O2. The first-order chi connectivity index (χ1) is 14.4. The monoisotopic (exact) mass is 508 g/mol. The number of hydrazone groups is 1. The first-order valence-corrected chi connectivity index (χ1v) is 10.4. The van der Waals surface area contributed by atoms with Gasteiger partial charge < -0.3 is 4.74 Å². The zero-order valence-corrected chi connectivity index (χ0v) is 18.6. The molecule has 0 fully saturated rings. The zero-order valence-electron chi connectivity index (χ0n) is 15.5. The molecule has 0 spiro atoms. The predicted molar refractivity (Wildman–Crippen MR) is 121 cm³/mol. The number of carbonyl (C=O) groups excluding carboxylic acids is 1. The Morgan fingerprint density at radius 2 is 1.87 bits per heavy atom. The van der Waals surface area contributed by atoms with Crippen LogP contribution in [-0.2, 0) is 17.8 Å². The van der Waals surface area contributed by atoms with E-state index < -0.39 is 0 Å². The average Bonchev–Trinajstić information content (AvgIpc) is 2.70. The van der Waals surface area contributed by atoms with Gasteiger partial charge in [0, 0.05) is 15.6 Å². The highest BCUT2D eigenvalue weighted by Crippen LogP contribution is 2.28. The van der Waals surface area contributed by atoms with Crippen molar-refractivity contribution in [2.24, 2.45) is 5.10 Å². The molecule has 1 amide bonds. The molecule has 3 rings (SSSR count). The number of hydrogen-bond acceptors (Lipinski definition) is 3. The Labute approximate surface area is 191 Å². The van der Waals surface area contributed by atoms with Crippen LogP contribution in [0.15, 0.2) is 70.2 Å². The van der Waals surface area contributed by atoms with Gasteiger partial charge >= 0.3 is 0 Å². The van der Waals surface area contributed by atoms with Crippen LogP contribution in [0.4, 0.5) is 4.39 Å². The number of nitrogens with zero attached hydrogens (tertiary/aromatic N) is 1. The fourth-order valence-electron chi connectivity index (χ4n) is 2.51. The molecule has 0 saturated carbocycles. The maximum atomic E-state index is 12.9. The lowest BCUT2D eigenvalue weighted by Crippen LogP contribution is -2.19. The van der Waals surface area contributed by atoms with Crippen LogP contribution >= 0.6 is 39.1 Å². The number of carbonyl (C=O) groups is 1. The summed E-state index contributed by atoms with van der Waals surface area (Å²) in [7, 11) is 0. The van der Waals surface area contributed by atoms with E-state index in [0.717, 1.165) is 15.6 Å². The highest BCUT2D eigenvalue weighted by atomic mass is 79.9. The maximum absolute atomic E-state index is 12.9. The highest BCUT2D eigenvalue weighted by molar-refractivity contribution is 9.10. The van der Waals surface area contributed by atoms with E-state index in [1.807, 2.05) is 12.1 Å². The van der Waals surface area contributed by atoms with Gasteiger partial charge in [-0.2, -0.15) is 5.10 Å². The van der Waals surface area contributed by atoms with Gasteiger partial charge in [-0.05, 0) is 69.5 Å². The van der Waals surface area contributed by atoms with Crippen LogP contribution in [0, 0.1) is 5.82 Å². The van der Waals surface area contributed by atoms with Crippen molar-refractivity contribution in [1.29, 1.82) is 0 Å². The van der Waals surface area contributed by atoms with Crippen LogP contribution in [0.2, 0.25) is 10.0 Å². The number of halogens is 4. The fourth-order valence-corrected chi connectivity index (χ4v) is 3.49. The summed E-state index contributed by atoms with van der Waals surface area (Å²) in [4.78, 5) is 11.9. The largest absolute Gasteiger partial charge is 0.488 e. The lowest BCUT2D eigenvalue weighted by molar-refractivity contribution is -0.120. The molecule has 0 aliphatic carbocycles. The van der Waals surface area contributed by atoms with Crippen molar-refractivity contribution in [3.63, 3.8) is 0 Å². The molecule has 0 atom stereocenters. The Balaban J connectivity index is 1.54. The van der Waals surface area contributed by atoms with E-state index >= 15 is 0 Å². The summed E-state index contributed by atoms with van der Waals surface area (Å²) in [6.07, 6.45) is 1.63. The summed E-state index contributed by atoms with van der Waals surface area (Å²) in [6, 6.07) is 16.4. The van der Waals surface area contributed by atoms with E-state index in [4.69, 9.17) is 27.9 Å². The number of nitrogens with one attached hydrogen (secondary N) is 1. The van der Waals surface area contributed by atoms with Crippen molar-refractivity contribution in [2.75, 3.05) is 0 Å². The molecule has 0 aromatic heterocycles. The molecule has 3 aromatic rings. The van der Waals surface area contributed by atoms with Crippen molar-refractivity contribution in [3.8, 4) is 5.75 Å². The summed E-state index contributed by atoms with van der Waals surface area (Å²) in [6.45, 7) is 0.293. The van der Waals surface area contributed by atoms with Crippen LogP contribution in [0.5, 0.6) is 5.75 Å². The summed E-state index contributed by atoms with van der Waals surface area (Å²) in [5.41, 5.74) is 4.74. The van der Waals surface area contributed by atoms with Gasteiger partial charge in [0.25, 0.3) is 0 Å². The van der Waals surface area contributed by atoms with Gasteiger partial charge in [0.05, 0.1) is 17.1 Å². The third kappa shape index (κ3) is 6.55. The van der Waals surface area contributed by atoms with Crippen molar-refractivity contribution in [1.82, 2.24) is 5.43 Å². The number of hydrogen-bond donors (Lipinski definition) is 1. The van der Waals surface area contributed by atoms with E-state index in [9.17, 15) is 9.18 Å². The Hall–Kier alpha value is -2.41. The molecular weight excluding hydrogens is 494 g/mol. The average molecular weight is 510 g/mol. The summed E-state index contributed by atoms with van der Waals surface area (Å²) in [5, 5.41) is 5.06. The van der Waals surface area contributed by atoms with Gasteiger partial charge in [0.2, 0.25) is 5.91 Å². The van der Waals surface area contributed by atoms with E-state index in [-0.39, 0.29) is 18.1 Å². The summed E-state index contributed by atoms with van der Waals surface area (Å²) >= 11 is 15.5. The normalized spacial score (nSPS) is 10.9. The topological polar surface area (TPSA) is 50.7 Å². The van der Waals surface area contributed by atoms with E-state index in [0.29, 0.717) is 28.0 Å². The smallest absolute Gasteiger partial charge is 0.244 e. The van der Waals surface area contributed by atoms with Crippen molar-refractivity contribution >= 4 is 51.3 Å². The zero-order chi connectivity index (χ0) is 21.5. The van der Waals surface area contributed by atoms with Gasteiger partial charge in [0.1, 0.15) is 18.2 Å². The minimum atomic E-state index is -0.341. The fraction of sp³-hybridized carbons (Fsp3) is 0.0909. The Bertz CT molecular complexity index is 1080. The van der Waals surface area contributed by atoms with Gasteiger partial charge in [-0.25, -0.2) is 9.82 Å². The second kappa shape index (κ2) is 10.6. The molecule has 0 bridgehead atoms. The standard InChI is InChI=1S/C22H16BrCl2FN2O2/c23-19-9-15(12-27-28-22(29)10-14-1-6-18(26)7-2-14)3-8-21(19)30-13-16-4-5-17(24)11-20(16)25/h1-9,11-12H,10,13H2,(H,28,29)/b27-12+. The molecule has 0 heterocycles. The van der Waals surface area contributed by atoms with Crippen molar-refractivity contribution < 1.29 is 13.9 Å². The van der Waals surface area contributed by atoms with Gasteiger partial charge in [-0.1, -0.05) is 41.4 Å². The van der Waals surface area contributed by atoms with Gasteiger partial charge in [-0.3, -0.25) is 4.79 Å². The SMILES string of the molecule is O=C(Cc1ccc(F)cc1)N/N=C/c1ccc(OCc2ccc(Cl)cc2Cl)c(Br)c1. The highest BCUT2D eigenvalue weighted by Gasteiger charge is 2.06. The molecule has 3 aromatic carbocycles. The third-order valence-electron chi connectivity index (χ3n) is 4.04. The molecule has 0 aliphatic rings. The second-order valence-electron chi connectivity index (χ2n) is 6.31. The number of benzene rings is 3. The summed E-state index contributed by atoms with van der Waals surface area (Å²) < 4.78 is 19.4. The molecule has 154 valence electrons. The van der Waals surface area contributed by atoms with Crippen LogP contribution in [0.1, 0.15) is 16.7 Å². The van der Waals surface area contributed by atoms with E-state index in [2.05, 4.69) is 26.5 Å². The van der Waals surface area contributed by atoms with E-state index in [1.165, 1.54) is 18.3 Å². The molecule has 1 N–H and O–H groups in total. The van der Waals surface area contributed by atoms with Crippen LogP contribution < -0.4 is 10.2 Å². The molecule has 8 heteroatoms. The third-order valence-corrected chi connectivity index (χ3v) is 5.24. The Morgan fingerprint density at radius 3 is 2.57 bits per heavy atom. The van der Waals surface area contributed by atoms with Crippen LogP contribution in [0.3, 0.4) is 0 Å². The van der Waals surface area contributed by atoms with Crippen molar-refractivity contribution in [3.05, 3.63) is 97.7 Å². The lowest BCUT2D eigenvalue weighted by Gasteiger charge is -2.10. The van der Waals surface area contributed by atoms with E-state index in [1.54, 1.807) is 36.4 Å². The second-order valence-corrected chi connectivity index (χ2v) is 8.01. The molecule has 0 aliphatic heterocycles. The summed E-state index contributed by atoms with van der Waals surface area (Å²) in [5.74, 6) is 0.00155. The van der Waals surface area contributed by atoms with Crippen LogP contribution in [-0.4, -0.2) is 12.1 Å².